The van der Waals surface area contributed by atoms with Crippen LogP contribution in [-0.4, -0.2) is 23.6 Å². The van der Waals surface area contributed by atoms with Gasteiger partial charge in [0.1, 0.15) is 11.6 Å². The third-order valence-corrected chi connectivity index (χ3v) is 4.99. The lowest BCUT2D eigenvalue weighted by atomic mass is 9.54. The van der Waals surface area contributed by atoms with Gasteiger partial charge in [0, 0.05) is 12.4 Å². The van der Waals surface area contributed by atoms with Crippen molar-refractivity contribution in [3.63, 3.8) is 0 Å². The zero-order chi connectivity index (χ0) is 13.6. The molecule has 0 heterocycles. The van der Waals surface area contributed by atoms with Gasteiger partial charge in [-0.05, 0) is 56.3 Å². The van der Waals surface area contributed by atoms with Gasteiger partial charge in [-0.25, -0.2) is 0 Å². The molecule has 1 atom stereocenters. The first-order valence-corrected chi connectivity index (χ1v) is 7.14. The highest BCUT2D eigenvalue weighted by molar-refractivity contribution is 5.81. The SMILES string of the molecule is NC(CC(=O)[O-])C(=O)OC12CC3CC(CC(C3)C1)C2. The maximum atomic E-state index is 11.9. The number of carboxylic acid groups (broad SMARTS) is 1. The zero-order valence-corrected chi connectivity index (χ0v) is 11.0. The van der Waals surface area contributed by atoms with Crippen LogP contribution in [0, 0.1) is 17.8 Å². The Labute approximate surface area is 112 Å². The molecule has 0 aromatic heterocycles. The van der Waals surface area contributed by atoms with Crippen molar-refractivity contribution in [2.45, 2.75) is 56.6 Å². The van der Waals surface area contributed by atoms with E-state index in [2.05, 4.69) is 0 Å². The molecule has 4 fully saturated rings. The van der Waals surface area contributed by atoms with Crippen LogP contribution in [0.25, 0.3) is 0 Å². The van der Waals surface area contributed by atoms with Crippen molar-refractivity contribution in [3.05, 3.63) is 0 Å². The van der Waals surface area contributed by atoms with Crippen molar-refractivity contribution in [1.29, 1.82) is 0 Å². The van der Waals surface area contributed by atoms with Gasteiger partial charge in [-0.15, -0.1) is 0 Å². The minimum absolute atomic E-state index is 0.352. The first-order chi connectivity index (χ1) is 8.96. The van der Waals surface area contributed by atoms with E-state index in [0.717, 1.165) is 19.3 Å². The van der Waals surface area contributed by atoms with Crippen molar-refractivity contribution < 1.29 is 19.4 Å². The van der Waals surface area contributed by atoms with Gasteiger partial charge in [0.15, 0.2) is 0 Å². The van der Waals surface area contributed by atoms with E-state index in [1.54, 1.807) is 0 Å². The van der Waals surface area contributed by atoms with E-state index in [1.807, 2.05) is 0 Å². The normalized spacial score (nSPS) is 41.0. The van der Waals surface area contributed by atoms with Gasteiger partial charge in [-0.2, -0.15) is 0 Å². The van der Waals surface area contributed by atoms with E-state index in [4.69, 9.17) is 10.5 Å². The molecule has 0 amide bonds. The monoisotopic (exact) mass is 266 g/mol. The van der Waals surface area contributed by atoms with Gasteiger partial charge in [-0.1, -0.05) is 0 Å². The summed E-state index contributed by atoms with van der Waals surface area (Å²) in [5.41, 5.74) is 5.20. The Hall–Kier alpha value is -1.10. The highest BCUT2D eigenvalue weighted by Crippen LogP contribution is 2.57. The zero-order valence-electron chi connectivity index (χ0n) is 11.0. The molecule has 0 saturated heterocycles. The molecule has 4 rings (SSSR count). The third kappa shape index (κ3) is 2.48. The molecule has 4 saturated carbocycles. The van der Waals surface area contributed by atoms with Crippen LogP contribution < -0.4 is 10.8 Å². The van der Waals surface area contributed by atoms with Crippen molar-refractivity contribution in [2.24, 2.45) is 23.5 Å². The Morgan fingerprint density at radius 2 is 1.63 bits per heavy atom. The molecule has 0 radical (unpaired) electrons. The maximum Gasteiger partial charge on any atom is 0.323 e. The molecule has 4 bridgehead atoms. The molecule has 106 valence electrons. The molecule has 2 N–H and O–H groups in total. The second-order valence-electron chi connectivity index (χ2n) is 6.70. The minimum atomic E-state index is -1.31. The maximum absolute atomic E-state index is 11.9. The highest BCUT2D eigenvalue weighted by atomic mass is 16.6. The second-order valence-corrected chi connectivity index (χ2v) is 6.70. The Bertz CT molecular complexity index is 371. The summed E-state index contributed by atoms with van der Waals surface area (Å²) in [6, 6.07) is -1.10. The summed E-state index contributed by atoms with van der Waals surface area (Å²) in [6.45, 7) is 0. The third-order valence-electron chi connectivity index (χ3n) is 4.99. The molecule has 0 aromatic carbocycles. The Kier molecular flexibility index (Phi) is 3.04. The number of esters is 1. The summed E-state index contributed by atoms with van der Waals surface area (Å²) in [5, 5.41) is 10.5. The van der Waals surface area contributed by atoms with Gasteiger partial charge in [0.05, 0.1) is 0 Å². The van der Waals surface area contributed by atoms with E-state index in [1.165, 1.54) is 19.3 Å². The van der Waals surface area contributed by atoms with E-state index >= 15 is 0 Å². The average Bonchev–Trinajstić information content (AvgIpc) is 2.24. The quantitative estimate of drug-likeness (QED) is 0.721. The summed E-state index contributed by atoms with van der Waals surface area (Å²) in [5.74, 6) is 0.144. The fourth-order valence-corrected chi connectivity index (χ4v) is 4.71. The average molecular weight is 266 g/mol. The van der Waals surface area contributed by atoms with Crippen LogP contribution in [-0.2, 0) is 14.3 Å². The number of ether oxygens (including phenoxy) is 1. The van der Waals surface area contributed by atoms with Crippen molar-refractivity contribution in [2.75, 3.05) is 0 Å². The number of rotatable bonds is 4. The largest absolute Gasteiger partial charge is 0.550 e. The second kappa shape index (κ2) is 4.47. The lowest BCUT2D eigenvalue weighted by Crippen LogP contribution is -2.54. The molecule has 19 heavy (non-hydrogen) atoms. The number of nitrogens with two attached hydrogens (primary N) is 1. The van der Waals surface area contributed by atoms with Crippen molar-refractivity contribution in [3.8, 4) is 0 Å². The first kappa shape index (κ1) is 12.9. The van der Waals surface area contributed by atoms with Gasteiger partial charge >= 0.3 is 5.97 Å². The Morgan fingerprint density at radius 3 is 2.05 bits per heavy atom. The standard InChI is InChI=1S/C14H21NO4/c15-11(4-12(16)17)13(18)19-14-5-8-1-9(6-14)3-10(2-8)7-14/h8-11H,1-7,15H2,(H,16,17)/p-1. The van der Waals surface area contributed by atoms with Crippen LogP contribution in [0.15, 0.2) is 0 Å². The predicted octanol–water partition coefficient (Wildman–Crippen LogP) is -0.0343. The lowest BCUT2D eigenvalue weighted by molar-refractivity contribution is -0.306. The van der Waals surface area contributed by atoms with Crippen LogP contribution in [0.1, 0.15) is 44.9 Å². The van der Waals surface area contributed by atoms with Gasteiger partial charge in [-0.3, -0.25) is 4.79 Å². The molecule has 0 aliphatic heterocycles. The van der Waals surface area contributed by atoms with E-state index in [-0.39, 0.29) is 5.60 Å². The molecule has 0 aromatic rings. The van der Waals surface area contributed by atoms with E-state index in [9.17, 15) is 14.7 Å². The summed E-state index contributed by atoms with van der Waals surface area (Å²) in [4.78, 5) is 22.4. The lowest BCUT2D eigenvalue weighted by Gasteiger charge is -2.55. The molecular formula is C14H20NO4-. The minimum Gasteiger partial charge on any atom is -0.550 e. The molecule has 5 heteroatoms. The molecule has 4 aliphatic carbocycles. The fourth-order valence-electron chi connectivity index (χ4n) is 4.71. The van der Waals surface area contributed by atoms with Crippen LogP contribution in [0.5, 0.6) is 0 Å². The number of carbonyl (C=O) groups excluding carboxylic acids is 2. The van der Waals surface area contributed by atoms with Crippen LogP contribution in [0.4, 0.5) is 0 Å². The molecule has 0 spiro atoms. The number of aliphatic carboxylic acids is 1. The number of hydrogen-bond acceptors (Lipinski definition) is 5. The molecule has 5 nitrogen and oxygen atoms in total. The first-order valence-electron chi connectivity index (χ1n) is 7.14. The van der Waals surface area contributed by atoms with Crippen molar-refractivity contribution in [1.82, 2.24) is 0 Å². The van der Waals surface area contributed by atoms with Crippen LogP contribution >= 0.6 is 0 Å². The van der Waals surface area contributed by atoms with Crippen molar-refractivity contribution >= 4 is 11.9 Å². The summed E-state index contributed by atoms with van der Waals surface area (Å²) in [6.07, 6.45) is 6.13. The fraction of sp³-hybridized carbons (Fsp3) is 0.857. The van der Waals surface area contributed by atoms with E-state index in [0.29, 0.717) is 17.8 Å². The van der Waals surface area contributed by atoms with Gasteiger partial charge < -0.3 is 20.4 Å². The van der Waals surface area contributed by atoms with Gasteiger partial charge in [0.2, 0.25) is 0 Å². The van der Waals surface area contributed by atoms with Crippen LogP contribution in [0.3, 0.4) is 0 Å². The smallest absolute Gasteiger partial charge is 0.323 e. The summed E-state index contributed by atoms with van der Waals surface area (Å²) >= 11 is 0. The van der Waals surface area contributed by atoms with Crippen LogP contribution in [0.2, 0.25) is 0 Å². The molecular weight excluding hydrogens is 246 g/mol. The Morgan fingerprint density at radius 1 is 1.16 bits per heavy atom. The summed E-state index contributed by atoms with van der Waals surface area (Å²) in [7, 11) is 0. The number of hydrogen-bond donors (Lipinski definition) is 1. The Balaban J connectivity index is 1.66. The van der Waals surface area contributed by atoms with Gasteiger partial charge in [0.25, 0.3) is 0 Å². The number of carbonyl (C=O) groups is 2. The molecule has 4 aliphatic rings. The summed E-state index contributed by atoms with van der Waals surface area (Å²) < 4.78 is 5.66. The molecule has 1 unspecified atom stereocenters. The predicted molar refractivity (Wildman–Crippen MR) is 64.6 cm³/mol. The van der Waals surface area contributed by atoms with E-state index < -0.39 is 24.4 Å². The number of carboxylic acids is 1. The topological polar surface area (TPSA) is 92.5 Å². The highest BCUT2D eigenvalue weighted by Gasteiger charge is 2.53.